The van der Waals surface area contributed by atoms with E-state index in [0.29, 0.717) is 42.9 Å². The van der Waals surface area contributed by atoms with E-state index in [-0.39, 0.29) is 4.90 Å². The van der Waals surface area contributed by atoms with Crippen LogP contribution in [0, 0.1) is 0 Å². The van der Waals surface area contributed by atoms with Crippen molar-refractivity contribution < 1.29 is 8.42 Å². The highest BCUT2D eigenvalue weighted by Crippen LogP contribution is 2.27. The first-order valence-corrected chi connectivity index (χ1v) is 9.90. The number of sulfonamides is 1. The molecule has 138 valence electrons. The van der Waals surface area contributed by atoms with Crippen molar-refractivity contribution in [1.29, 1.82) is 0 Å². The lowest BCUT2D eigenvalue weighted by molar-refractivity contribution is 0.384. The van der Waals surface area contributed by atoms with Gasteiger partial charge in [-0.05, 0) is 12.1 Å². The van der Waals surface area contributed by atoms with Crippen LogP contribution in [0.2, 0.25) is 0 Å². The fourth-order valence-corrected chi connectivity index (χ4v) is 5.00. The largest absolute Gasteiger partial charge is 0.353 e. The lowest BCUT2D eigenvalue weighted by Crippen LogP contribution is -2.48. The third-order valence-corrected chi connectivity index (χ3v) is 6.73. The highest BCUT2D eigenvalue weighted by molar-refractivity contribution is 7.89. The Labute approximate surface area is 154 Å². The van der Waals surface area contributed by atoms with Crippen molar-refractivity contribution >= 4 is 37.9 Å². The molecule has 1 aliphatic rings. The number of H-pyrrole nitrogens is 2. The molecule has 5 heterocycles. The predicted octanol–water partition coefficient (Wildman–Crippen LogP) is 0.740. The van der Waals surface area contributed by atoms with Gasteiger partial charge in [0.25, 0.3) is 0 Å². The number of hydrogen-bond donors (Lipinski definition) is 2. The molecule has 0 bridgehead atoms. The van der Waals surface area contributed by atoms with E-state index in [1.54, 1.807) is 24.5 Å². The molecule has 0 radical (unpaired) electrons. The average molecular weight is 384 g/mol. The summed E-state index contributed by atoms with van der Waals surface area (Å²) in [5, 5.41) is 8.27. The summed E-state index contributed by atoms with van der Waals surface area (Å²) >= 11 is 0. The third-order valence-electron chi connectivity index (χ3n) is 4.80. The van der Waals surface area contributed by atoms with Gasteiger partial charge in [0.15, 0.2) is 5.65 Å². The molecule has 10 nitrogen and oxygen atoms in total. The van der Waals surface area contributed by atoms with Crippen LogP contribution in [0.15, 0.2) is 41.9 Å². The summed E-state index contributed by atoms with van der Waals surface area (Å²) in [6.07, 6.45) is 6.32. The van der Waals surface area contributed by atoms with E-state index in [1.165, 1.54) is 16.8 Å². The molecule has 0 unspecified atom stereocenters. The number of nitrogens with zero attached hydrogens (tertiary/aromatic N) is 6. The Morgan fingerprint density at radius 3 is 2.70 bits per heavy atom. The van der Waals surface area contributed by atoms with Crippen molar-refractivity contribution in [3.63, 3.8) is 0 Å². The maximum absolute atomic E-state index is 13.1. The average Bonchev–Trinajstić information content (AvgIpc) is 3.35. The Kier molecular flexibility index (Phi) is 3.58. The smallest absolute Gasteiger partial charge is 0.245 e. The molecular weight excluding hydrogens is 368 g/mol. The molecule has 27 heavy (non-hydrogen) atoms. The summed E-state index contributed by atoms with van der Waals surface area (Å²) < 4.78 is 27.7. The summed E-state index contributed by atoms with van der Waals surface area (Å²) in [7, 11) is -3.60. The van der Waals surface area contributed by atoms with Crippen LogP contribution in [0.25, 0.3) is 22.1 Å². The molecule has 11 heteroatoms. The first kappa shape index (κ1) is 16.1. The van der Waals surface area contributed by atoms with Crippen molar-refractivity contribution in [2.24, 2.45) is 0 Å². The summed E-state index contributed by atoms with van der Waals surface area (Å²) in [6.45, 7) is 1.82. The molecule has 2 N–H and O–H groups in total. The van der Waals surface area contributed by atoms with Gasteiger partial charge < -0.3 is 9.88 Å². The van der Waals surface area contributed by atoms with Crippen molar-refractivity contribution in [1.82, 2.24) is 34.4 Å². The topological polar surface area (TPSA) is 124 Å². The van der Waals surface area contributed by atoms with E-state index in [9.17, 15) is 8.42 Å². The molecule has 0 saturated carbocycles. The molecule has 0 aromatic carbocycles. The summed E-state index contributed by atoms with van der Waals surface area (Å²) in [5.41, 5.74) is 1.24. The van der Waals surface area contributed by atoms with Crippen molar-refractivity contribution in [3.05, 3.63) is 37.1 Å². The molecule has 0 aliphatic carbocycles. The zero-order valence-corrected chi connectivity index (χ0v) is 15.0. The number of aromatic amines is 2. The maximum Gasteiger partial charge on any atom is 0.245 e. The number of hydrogen-bond acceptors (Lipinski definition) is 7. The van der Waals surface area contributed by atoms with Gasteiger partial charge in [-0.1, -0.05) is 0 Å². The summed E-state index contributed by atoms with van der Waals surface area (Å²) in [6, 6.07) is 3.50. The number of rotatable bonds is 3. The van der Waals surface area contributed by atoms with Gasteiger partial charge in [-0.3, -0.25) is 5.10 Å². The minimum absolute atomic E-state index is 0.262. The molecule has 1 fully saturated rings. The van der Waals surface area contributed by atoms with Gasteiger partial charge in [-0.25, -0.2) is 23.4 Å². The third kappa shape index (κ3) is 2.54. The van der Waals surface area contributed by atoms with E-state index in [0.717, 1.165) is 11.2 Å². The first-order chi connectivity index (χ1) is 13.1. The molecule has 1 saturated heterocycles. The number of anilines is 1. The Hall–Kier alpha value is -3.05. The highest BCUT2D eigenvalue weighted by Gasteiger charge is 2.31. The molecule has 5 rings (SSSR count). The van der Waals surface area contributed by atoms with Crippen LogP contribution in [0.5, 0.6) is 0 Å². The number of aromatic nitrogens is 6. The Morgan fingerprint density at radius 1 is 1.00 bits per heavy atom. The quantitative estimate of drug-likeness (QED) is 0.534. The zero-order valence-electron chi connectivity index (χ0n) is 14.2. The predicted molar refractivity (Wildman–Crippen MR) is 98.7 cm³/mol. The van der Waals surface area contributed by atoms with Gasteiger partial charge >= 0.3 is 0 Å². The minimum atomic E-state index is -3.60. The second-order valence-corrected chi connectivity index (χ2v) is 8.18. The molecule has 4 aromatic rings. The van der Waals surface area contributed by atoms with Gasteiger partial charge in [0.2, 0.25) is 10.0 Å². The van der Waals surface area contributed by atoms with E-state index in [2.05, 4.69) is 35.0 Å². The SMILES string of the molecule is O=S(=O)(c1c[nH]c2ncccc12)N1CCN(c2ncnc3[nH]ncc23)CC1. The lowest BCUT2D eigenvalue weighted by atomic mass is 10.3. The van der Waals surface area contributed by atoms with Gasteiger partial charge in [0, 0.05) is 44.0 Å². The lowest BCUT2D eigenvalue weighted by Gasteiger charge is -2.34. The molecule has 1 aliphatic heterocycles. The van der Waals surface area contributed by atoms with Gasteiger partial charge in [-0.15, -0.1) is 0 Å². The van der Waals surface area contributed by atoms with Crippen LogP contribution < -0.4 is 4.90 Å². The van der Waals surface area contributed by atoms with Gasteiger partial charge in [0.1, 0.15) is 22.7 Å². The van der Waals surface area contributed by atoms with E-state index in [4.69, 9.17) is 0 Å². The fraction of sp³-hybridized carbons (Fsp3) is 0.250. The van der Waals surface area contributed by atoms with Crippen LogP contribution in [-0.4, -0.2) is 69.0 Å². The van der Waals surface area contributed by atoms with E-state index in [1.807, 2.05) is 0 Å². The van der Waals surface area contributed by atoms with Crippen LogP contribution in [0.4, 0.5) is 5.82 Å². The first-order valence-electron chi connectivity index (χ1n) is 8.46. The van der Waals surface area contributed by atoms with Crippen molar-refractivity contribution in [3.8, 4) is 0 Å². The molecule has 4 aromatic heterocycles. The minimum Gasteiger partial charge on any atom is -0.353 e. The van der Waals surface area contributed by atoms with Gasteiger partial charge in [0.05, 0.1) is 11.6 Å². The number of pyridine rings is 1. The van der Waals surface area contributed by atoms with E-state index < -0.39 is 10.0 Å². The molecular formula is C16H16N8O2S. The van der Waals surface area contributed by atoms with Crippen molar-refractivity contribution in [2.75, 3.05) is 31.1 Å². The normalized spacial score (nSPS) is 16.4. The molecule has 0 amide bonds. The maximum atomic E-state index is 13.1. The molecule has 0 atom stereocenters. The van der Waals surface area contributed by atoms with Crippen LogP contribution in [0.1, 0.15) is 0 Å². The van der Waals surface area contributed by atoms with Crippen LogP contribution in [0.3, 0.4) is 0 Å². The van der Waals surface area contributed by atoms with E-state index >= 15 is 0 Å². The zero-order chi connectivity index (χ0) is 18.4. The molecule has 0 spiro atoms. The Morgan fingerprint density at radius 2 is 1.85 bits per heavy atom. The Bertz CT molecular complexity index is 1220. The number of nitrogens with one attached hydrogen (secondary N) is 2. The highest BCUT2D eigenvalue weighted by atomic mass is 32.2. The van der Waals surface area contributed by atoms with Crippen LogP contribution >= 0.6 is 0 Å². The fourth-order valence-electron chi connectivity index (χ4n) is 3.43. The van der Waals surface area contributed by atoms with Crippen molar-refractivity contribution in [2.45, 2.75) is 4.90 Å². The van der Waals surface area contributed by atoms with Gasteiger partial charge in [-0.2, -0.15) is 9.40 Å². The van der Waals surface area contributed by atoms with Crippen LogP contribution in [-0.2, 0) is 10.0 Å². The summed E-state index contributed by atoms with van der Waals surface area (Å²) in [4.78, 5) is 17.9. The number of fused-ring (bicyclic) bond motifs is 2. The number of piperazine rings is 1. The standard InChI is InChI=1S/C16H16N8O2S/c25-27(26,13-9-18-14-11(13)2-1-3-17-14)24-6-4-23(5-7-24)16-12-8-21-22-15(12)19-10-20-16/h1-3,8-10H,4-7H2,(H,17,18)(H,19,20,21,22). The Balaban J connectivity index is 1.41. The second kappa shape index (κ2) is 5.99. The summed E-state index contributed by atoms with van der Waals surface area (Å²) in [5.74, 6) is 0.766. The second-order valence-electron chi connectivity index (χ2n) is 6.27. The monoisotopic (exact) mass is 384 g/mol.